The van der Waals surface area contributed by atoms with E-state index in [-0.39, 0.29) is 25.7 Å². The Morgan fingerprint density at radius 3 is 0.786 bits per heavy atom. The van der Waals surface area contributed by atoms with Crippen LogP contribution in [-0.4, -0.2) is 96.7 Å². The van der Waals surface area contributed by atoms with Crippen molar-refractivity contribution in [3.8, 4) is 0 Å². The number of hydrogen-bond acceptors (Lipinski definition) is 15. The van der Waals surface area contributed by atoms with Crippen molar-refractivity contribution in [2.24, 2.45) is 0 Å². The van der Waals surface area contributed by atoms with E-state index in [0.29, 0.717) is 25.7 Å². The summed E-state index contributed by atoms with van der Waals surface area (Å²) in [6.45, 7) is 4.83. The van der Waals surface area contributed by atoms with Gasteiger partial charge in [0, 0.05) is 25.7 Å². The first-order chi connectivity index (χ1) is 47.7. The van der Waals surface area contributed by atoms with E-state index in [1.165, 1.54) is 109 Å². The molecule has 0 aliphatic carbocycles. The molecule has 0 heterocycles. The summed E-state index contributed by atoms with van der Waals surface area (Å²) in [4.78, 5) is 72.9. The van der Waals surface area contributed by atoms with Crippen LogP contribution in [0.4, 0.5) is 0 Å². The molecule has 3 N–H and O–H groups in total. The standard InChI is InChI=1S/C79H144O17P2/c1-5-9-13-17-21-25-29-33-36-40-43-47-51-55-59-63-76(81)89-69-74(95-78(83)65-61-57-53-49-45-39-32-28-24-20-16-12-8-4)71-93-97(85,86)91-67-73(80)68-92-98(87,88)94-72-75(96-79(84)66-62-58-54-50-46-42-38-35-31-27-23-19-15-11-7-3)70-90-77(82)64-60-56-52-48-44-41-37-34-30-26-22-18-14-10-6-2/h21,25-28,30-33,36,73-75,80H,5-20,22-24,29,34-35,37-72H2,1-4H3,(H,85,86)(H,87,88)/b25-21-,30-26-,31-27-,32-28-,36-33-/t73-,74-,75-/m1/s1. The number of allylic oxidation sites excluding steroid dienone is 10. The summed E-state index contributed by atoms with van der Waals surface area (Å²) in [7, 11) is -9.94. The Labute approximate surface area is 597 Å². The van der Waals surface area contributed by atoms with Gasteiger partial charge in [-0.2, -0.15) is 0 Å². The van der Waals surface area contributed by atoms with Gasteiger partial charge in [0.15, 0.2) is 12.2 Å². The van der Waals surface area contributed by atoms with E-state index in [4.69, 9.17) is 37.0 Å². The van der Waals surface area contributed by atoms with E-state index in [0.717, 1.165) is 173 Å². The number of phosphoric ester groups is 2. The highest BCUT2D eigenvalue weighted by molar-refractivity contribution is 7.47. The van der Waals surface area contributed by atoms with Gasteiger partial charge in [-0.25, -0.2) is 9.13 Å². The summed E-state index contributed by atoms with van der Waals surface area (Å²) in [6, 6.07) is 0. The molecule has 0 fully saturated rings. The molecule has 0 radical (unpaired) electrons. The first-order valence-corrected chi connectivity index (χ1v) is 42.5. The van der Waals surface area contributed by atoms with E-state index in [1.807, 2.05) is 0 Å². The molecule has 17 nitrogen and oxygen atoms in total. The van der Waals surface area contributed by atoms with Crippen LogP contribution in [0.3, 0.4) is 0 Å². The number of ether oxygens (including phenoxy) is 4. The topological polar surface area (TPSA) is 237 Å². The van der Waals surface area contributed by atoms with Crippen molar-refractivity contribution in [3.63, 3.8) is 0 Å². The average molecular weight is 1430 g/mol. The highest BCUT2D eigenvalue weighted by Crippen LogP contribution is 2.45. The molecule has 2 unspecified atom stereocenters. The van der Waals surface area contributed by atoms with Crippen molar-refractivity contribution in [3.05, 3.63) is 60.8 Å². The number of unbranched alkanes of at least 4 members (excludes halogenated alkanes) is 39. The van der Waals surface area contributed by atoms with Crippen molar-refractivity contribution in [2.75, 3.05) is 39.6 Å². The molecule has 0 amide bonds. The molecule has 572 valence electrons. The fourth-order valence-electron chi connectivity index (χ4n) is 10.8. The van der Waals surface area contributed by atoms with Crippen molar-refractivity contribution >= 4 is 39.5 Å². The number of aliphatic hydroxyl groups excluding tert-OH is 1. The molecule has 98 heavy (non-hydrogen) atoms. The van der Waals surface area contributed by atoms with Crippen LogP contribution < -0.4 is 0 Å². The molecule has 0 saturated carbocycles. The second-order valence-electron chi connectivity index (χ2n) is 26.6. The van der Waals surface area contributed by atoms with Gasteiger partial charge in [-0.15, -0.1) is 0 Å². The van der Waals surface area contributed by atoms with Crippen LogP contribution >= 0.6 is 15.6 Å². The largest absolute Gasteiger partial charge is 0.472 e. The van der Waals surface area contributed by atoms with Crippen LogP contribution in [0, 0.1) is 0 Å². The Kier molecular flexibility index (Phi) is 69.7. The Morgan fingerprint density at radius 1 is 0.286 bits per heavy atom. The van der Waals surface area contributed by atoms with Crippen molar-refractivity contribution in [1.29, 1.82) is 0 Å². The molecule has 0 spiro atoms. The smallest absolute Gasteiger partial charge is 0.462 e. The maximum Gasteiger partial charge on any atom is 0.472 e. The van der Waals surface area contributed by atoms with Gasteiger partial charge >= 0.3 is 39.5 Å². The molecule has 0 aromatic heterocycles. The van der Waals surface area contributed by atoms with E-state index in [9.17, 15) is 43.2 Å². The molecule has 0 aliphatic heterocycles. The van der Waals surface area contributed by atoms with Gasteiger partial charge < -0.3 is 33.8 Å². The molecular formula is C79H144O17P2. The van der Waals surface area contributed by atoms with Crippen LogP contribution in [0.2, 0.25) is 0 Å². The summed E-state index contributed by atoms with van der Waals surface area (Å²) < 4.78 is 68.5. The van der Waals surface area contributed by atoms with Gasteiger partial charge in [-0.05, 0) is 135 Å². The predicted octanol–water partition coefficient (Wildman–Crippen LogP) is 22.7. The van der Waals surface area contributed by atoms with Gasteiger partial charge in [-0.1, -0.05) is 262 Å². The number of phosphoric acid groups is 2. The predicted molar refractivity (Wildman–Crippen MR) is 400 cm³/mol. The third kappa shape index (κ3) is 71.2. The van der Waals surface area contributed by atoms with Crippen LogP contribution in [0.1, 0.15) is 362 Å². The number of rotatable bonds is 75. The van der Waals surface area contributed by atoms with Gasteiger partial charge in [0.2, 0.25) is 0 Å². The third-order valence-corrected chi connectivity index (χ3v) is 18.8. The third-order valence-electron chi connectivity index (χ3n) is 16.9. The fourth-order valence-corrected chi connectivity index (χ4v) is 12.4. The lowest BCUT2D eigenvalue weighted by Gasteiger charge is -2.21. The van der Waals surface area contributed by atoms with Crippen molar-refractivity contribution in [1.82, 2.24) is 0 Å². The Hall–Kier alpha value is -3.24. The number of esters is 4. The van der Waals surface area contributed by atoms with E-state index in [2.05, 4.69) is 88.5 Å². The maximum absolute atomic E-state index is 13.1. The van der Waals surface area contributed by atoms with Gasteiger partial charge in [0.1, 0.15) is 19.3 Å². The number of carbonyl (C=O) groups excluding carboxylic acids is 4. The fraction of sp³-hybridized carbons (Fsp3) is 0.823. The van der Waals surface area contributed by atoms with Crippen LogP contribution in [0.25, 0.3) is 0 Å². The Bertz CT molecular complexity index is 2100. The van der Waals surface area contributed by atoms with Crippen molar-refractivity contribution in [2.45, 2.75) is 380 Å². The van der Waals surface area contributed by atoms with E-state index >= 15 is 0 Å². The zero-order valence-electron chi connectivity index (χ0n) is 62.5. The summed E-state index contributed by atoms with van der Waals surface area (Å²) in [5.74, 6) is -2.18. The normalized spacial score (nSPS) is 14.2. The van der Waals surface area contributed by atoms with Crippen molar-refractivity contribution < 1.29 is 80.2 Å². The number of hydrogen-bond donors (Lipinski definition) is 3. The quantitative estimate of drug-likeness (QED) is 0.0169. The number of carbonyl (C=O) groups is 4. The minimum absolute atomic E-state index is 0.0854. The average Bonchev–Trinajstić information content (AvgIpc) is 0.959. The lowest BCUT2D eigenvalue weighted by molar-refractivity contribution is -0.161. The second-order valence-corrected chi connectivity index (χ2v) is 29.5. The first-order valence-electron chi connectivity index (χ1n) is 39.5. The van der Waals surface area contributed by atoms with Gasteiger partial charge in [0.05, 0.1) is 26.4 Å². The second kappa shape index (κ2) is 72.1. The minimum atomic E-state index is -4.97. The monoisotopic (exact) mass is 1430 g/mol. The lowest BCUT2D eigenvalue weighted by Crippen LogP contribution is -2.30. The summed E-state index contributed by atoms with van der Waals surface area (Å²) in [5.41, 5.74) is 0. The highest BCUT2D eigenvalue weighted by Gasteiger charge is 2.30. The zero-order chi connectivity index (χ0) is 71.8. The molecule has 0 aliphatic rings. The highest BCUT2D eigenvalue weighted by atomic mass is 31.2. The van der Waals surface area contributed by atoms with Gasteiger partial charge in [-0.3, -0.25) is 37.3 Å². The van der Waals surface area contributed by atoms with Crippen LogP contribution in [0.15, 0.2) is 60.8 Å². The first kappa shape index (κ1) is 94.8. The van der Waals surface area contributed by atoms with Crippen LogP contribution in [-0.2, 0) is 65.4 Å². The van der Waals surface area contributed by atoms with E-state index < -0.39 is 97.5 Å². The minimum Gasteiger partial charge on any atom is -0.462 e. The van der Waals surface area contributed by atoms with Crippen LogP contribution in [0.5, 0.6) is 0 Å². The molecule has 0 aromatic carbocycles. The Morgan fingerprint density at radius 2 is 0.500 bits per heavy atom. The SMILES string of the molecule is CCCCC/C=C\C/C=C\CCCCCCCC(=O)OC[C@H](COP(=O)(O)OC[C@@H](O)COP(=O)(O)OC[C@@H](COC(=O)CCCCCCCCC/C=C\CCCCCC)OC(=O)CCCCCCCCC/C=C\CCCCCC)OC(=O)CCCCCCC/C=C\CCCCCC. The molecule has 5 atom stereocenters. The number of aliphatic hydroxyl groups is 1. The van der Waals surface area contributed by atoms with E-state index in [1.54, 1.807) is 0 Å². The molecular weight excluding hydrogens is 1280 g/mol. The zero-order valence-corrected chi connectivity index (χ0v) is 64.3. The summed E-state index contributed by atoms with van der Waals surface area (Å²) in [5, 5.41) is 10.6. The molecule has 0 rings (SSSR count). The molecule has 0 saturated heterocycles. The summed E-state index contributed by atoms with van der Waals surface area (Å²) >= 11 is 0. The lowest BCUT2D eigenvalue weighted by atomic mass is 10.1. The molecule has 19 heteroatoms. The molecule has 0 bridgehead atoms. The summed E-state index contributed by atoms with van der Waals surface area (Å²) in [6.07, 6.45) is 70.5. The molecule has 0 aromatic rings. The Balaban J connectivity index is 5.34. The van der Waals surface area contributed by atoms with Gasteiger partial charge in [0.25, 0.3) is 0 Å². The maximum atomic E-state index is 13.1.